The number of hydrogen-bond donors (Lipinski definition) is 1. The molecule has 2 unspecified atom stereocenters. The lowest BCUT2D eigenvalue weighted by molar-refractivity contribution is 0.374. The molecule has 6 heteroatoms. The van der Waals surface area contributed by atoms with Crippen molar-refractivity contribution in [2.75, 3.05) is 25.1 Å². The molecular formula is C11H17ClN4O. The maximum Gasteiger partial charge on any atom is 0.318 e. The molecule has 2 rings (SSSR count). The molecule has 0 aliphatic carbocycles. The van der Waals surface area contributed by atoms with E-state index >= 15 is 0 Å². The number of nitrogens with zero attached hydrogens (tertiary/aromatic N) is 3. The zero-order chi connectivity index (χ0) is 12.4. The van der Waals surface area contributed by atoms with Gasteiger partial charge in [-0.15, -0.1) is 0 Å². The first-order valence-corrected chi connectivity index (χ1v) is 6.05. The first kappa shape index (κ1) is 12.4. The highest BCUT2D eigenvalue weighted by molar-refractivity contribution is 6.32. The number of nitrogens with two attached hydrogens (primary N) is 1. The zero-order valence-electron chi connectivity index (χ0n) is 10.1. The van der Waals surface area contributed by atoms with Crippen LogP contribution in [-0.4, -0.2) is 36.2 Å². The van der Waals surface area contributed by atoms with Gasteiger partial charge in [0.05, 0.1) is 13.3 Å². The van der Waals surface area contributed by atoms with Crippen LogP contribution in [0.3, 0.4) is 0 Å². The third kappa shape index (κ3) is 2.79. The maximum absolute atomic E-state index is 6.12. The highest BCUT2D eigenvalue weighted by atomic mass is 35.5. The highest BCUT2D eigenvalue weighted by Crippen LogP contribution is 2.28. The summed E-state index contributed by atoms with van der Waals surface area (Å²) in [6, 6.07) is 0.493. The molecule has 0 bridgehead atoms. The normalized spacial score (nSPS) is 24.8. The average Bonchev–Trinajstić information content (AvgIpc) is 2.28. The Kier molecular flexibility index (Phi) is 3.69. The van der Waals surface area contributed by atoms with Crippen molar-refractivity contribution in [3.05, 3.63) is 11.2 Å². The smallest absolute Gasteiger partial charge is 0.318 e. The van der Waals surface area contributed by atoms with Crippen molar-refractivity contribution >= 4 is 17.4 Å². The van der Waals surface area contributed by atoms with Crippen molar-refractivity contribution in [1.29, 1.82) is 0 Å². The second-order valence-electron chi connectivity index (χ2n) is 4.53. The molecule has 1 aliphatic rings. The van der Waals surface area contributed by atoms with Gasteiger partial charge in [0.25, 0.3) is 0 Å². The van der Waals surface area contributed by atoms with Crippen LogP contribution in [0.25, 0.3) is 0 Å². The summed E-state index contributed by atoms with van der Waals surface area (Å²) < 4.78 is 5.02. The SMILES string of the molecule is COc1ncc(Cl)c(N2CC(C)CC(N)C2)n1. The Balaban J connectivity index is 2.26. The van der Waals surface area contributed by atoms with Crippen molar-refractivity contribution in [3.63, 3.8) is 0 Å². The molecule has 94 valence electrons. The van der Waals surface area contributed by atoms with Gasteiger partial charge in [0.15, 0.2) is 5.82 Å². The molecular weight excluding hydrogens is 240 g/mol. The minimum atomic E-state index is 0.163. The van der Waals surface area contributed by atoms with Crippen LogP contribution in [-0.2, 0) is 0 Å². The first-order valence-electron chi connectivity index (χ1n) is 5.67. The number of methoxy groups -OCH3 is 1. The molecule has 0 spiro atoms. The third-order valence-corrected chi connectivity index (χ3v) is 3.14. The lowest BCUT2D eigenvalue weighted by atomic mass is 9.97. The number of ether oxygens (including phenoxy) is 1. The molecule has 1 aromatic heterocycles. The number of piperidine rings is 1. The van der Waals surface area contributed by atoms with Crippen LogP contribution in [0.2, 0.25) is 5.02 Å². The Morgan fingerprint density at radius 3 is 2.94 bits per heavy atom. The van der Waals surface area contributed by atoms with Crippen molar-refractivity contribution in [2.45, 2.75) is 19.4 Å². The molecule has 2 N–H and O–H groups in total. The number of halogens is 1. The molecule has 1 saturated heterocycles. The number of rotatable bonds is 2. The summed E-state index contributed by atoms with van der Waals surface area (Å²) in [6.45, 7) is 3.86. The van der Waals surface area contributed by atoms with E-state index in [1.54, 1.807) is 6.20 Å². The fourth-order valence-corrected chi connectivity index (χ4v) is 2.45. The monoisotopic (exact) mass is 256 g/mol. The summed E-state index contributed by atoms with van der Waals surface area (Å²) in [6.07, 6.45) is 2.60. The van der Waals surface area contributed by atoms with Gasteiger partial charge < -0.3 is 15.4 Å². The summed E-state index contributed by atoms with van der Waals surface area (Å²) in [5.41, 5.74) is 6.01. The summed E-state index contributed by atoms with van der Waals surface area (Å²) >= 11 is 6.12. The van der Waals surface area contributed by atoms with Crippen LogP contribution >= 0.6 is 11.6 Å². The molecule has 2 atom stereocenters. The number of anilines is 1. The quantitative estimate of drug-likeness (QED) is 0.865. The Bertz CT molecular complexity index is 391. The Labute approximate surface area is 106 Å². The molecule has 0 radical (unpaired) electrons. The Morgan fingerprint density at radius 2 is 2.29 bits per heavy atom. The van der Waals surface area contributed by atoms with Gasteiger partial charge in [-0.2, -0.15) is 4.98 Å². The minimum absolute atomic E-state index is 0.163. The molecule has 1 aliphatic heterocycles. The lowest BCUT2D eigenvalue weighted by Crippen LogP contribution is -2.46. The average molecular weight is 257 g/mol. The van der Waals surface area contributed by atoms with E-state index in [9.17, 15) is 0 Å². The van der Waals surface area contributed by atoms with Gasteiger partial charge in [-0.3, -0.25) is 0 Å². The van der Waals surface area contributed by atoms with Gasteiger partial charge in [0.2, 0.25) is 0 Å². The summed E-state index contributed by atoms with van der Waals surface area (Å²) in [5, 5.41) is 0.534. The van der Waals surface area contributed by atoms with E-state index in [-0.39, 0.29) is 6.04 Å². The highest BCUT2D eigenvalue weighted by Gasteiger charge is 2.25. The molecule has 2 heterocycles. The third-order valence-electron chi connectivity index (χ3n) is 2.88. The molecule has 1 fully saturated rings. The standard InChI is InChI=1S/C11H17ClN4O/c1-7-3-8(13)6-16(5-7)10-9(12)4-14-11(15-10)17-2/h4,7-8H,3,5-6,13H2,1-2H3. The fourth-order valence-electron chi connectivity index (χ4n) is 2.24. The van der Waals surface area contributed by atoms with Gasteiger partial charge in [-0.1, -0.05) is 18.5 Å². The first-order chi connectivity index (χ1) is 8.10. The second kappa shape index (κ2) is 5.06. The van der Waals surface area contributed by atoms with Crippen molar-refractivity contribution < 1.29 is 4.74 Å². The second-order valence-corrected chi connectivity index (χ2v) is 4.94. The molecule has 17 heavy (non-hydrogen) atoms. The van der Waals surface area contributed by atoms with Crippen LogP contribution < -0.4 is 15.4 Å². The molecule has 0 amide bonds. The Morgan fingerprint density at radius 1 is 1.53 bits per heavy atom. The number of aromatic nitrogens is 2. The predicted octanol–water partition coefficient (Wildman–Crippen LogP) is 1.31. The predicted molar refractivity (Wildman–Crippen MR) is 67.6 cm³/mol. The zero-order valence-corrected chi connectivity index (χ0v) is 10.8. The van der Waals surface area contributed by atoms with E-state index in [0.717, 1.165) is 19.5 Å². The van der Waals surface area contributed by atoms with Gasteiger partial charge in [-0.25, -0.2) is 4.98 Å². The van der Waals surface area contributed by atoms with Crippen molar-refractivity contribution in [3.8, 4) is 6.01 Å². The fraction of sp³-hybridized carbons (Fsp3) is 0.636. The Hall–Kier alpha value is -1.07. The maximum atomic E-state index is 6.12. The van der Waals surface area contributed by atoms with Gasteiger partial charge in [0.1, 0.15) is 5.02 Å². The van der Waals surface area contributed by atoms with Crippen LogP contribution in [0.15, 0.2) is 6.20 Å². The molecule has 0 saturated carbocycles. The van der Waals surface area contributed by atoms with Gasteiger partial charge in [-0.05, 0) is 12.3 Å². The lowest BCUT2D eigenvalue weighted by Gasteiger charge is -2.35. The molecule has 0 aromatic carbocycles. The summed E-state index contributed by atoms with van der Waals surface area (Å²) in [7, 11) is 1.54. The minimum Gasteiger partial charge on any atom is -0.467 e. The summed E-state index contributed by atoms with van der Waals surface area (Å²) in [4.78, 5) is 10.4. The van der Waals surface area contributed by atoms with E-state index < -0.39 is 0 Å². The van der Waals surface area contributed by atoms with Crippen LogP contribution in [0.4, 0.5) is 5.82 Å². The van der Waals surface area contributed by atoms with E-state index in [1.165, 1.54) is 7.11 Å². The van der Waals surface area contributed by atoms with E-state index in [4.69, 9.17) is 22.1 Å². The van der Waals surface area contributed by atoms with Gasteiger partial charge >= 0.3 is 6.01 Å². The van der Waals surface area contributed by atoms with Crippen molar-refractivity contribution in [1.82, 2.24) is 9.97 Å². The van der Waals surface area contributed by atoms with E-state index in [0.29, 0.717) is 22.8 Å². The topological polar surface area (TPSA) is 64.3 Å². The van der Waals surface area contributed by atoms with E-state index in [2.05, 4.69) is 21.8 Å². The van der Waals surface area contributed by atoms with Crippen LogP contribution in [0.1, 0.15) is 13.3 Å². The molecule has 1 aromatic rings. The van der Waals surface area contributed by atoms with Crippen LogP contribution in [0, 0.1) is 5.92 Å². The molecule has 5 nitrogen and oxygen atoms in total. The number of hydrogen-bond acceptors (Lipinski definition) is 5. The van der Waals surface area contributed by atoms with Gasteiger partial charge in [0, 0.05) is 19.1 Å². The van der Waals surface area contributed by atoms with Crippen LogP contribution in [0.5, 0.6) is 6.01 Å². The largest absolute Gasteiger partial charge is 0.467 e. The van der Waals surface area contributed by atoms with E-state index in [1.807, 2.05) is 0 Å². The summed E-state index contributed by atoms with van der Waals surface area (Å²) in [5.74, 6) is 1.25. The van der Waals surface area contributed by atoms with Crippen molar-refractivity contribution in [2.24, 2.45) is 11.7 Å².